The molecule has 0 atom stereocenters. The lowest BCUT2D eigenvalue weighted by molar-refractivity contribution is 0.305. The summed E-state index contributed by atoms with van der Waals surface area (Å²) in [5.74, 6) is 0.853. The van der Waals surface area contributed by atoms with Crippen LogP contribution in [0.4, 0.5) is 0 Å². The van der Waals surface area contributed by atoms with E-state index in [4.69, 9.17) is 10.00 Å². The summed E-state index contributed by atoms with van der Waals surface area (Å²) in [7, 11) is 0. The highest BCUT2D eigenvalue weighted by Crippen LogP contribution is 2.22. The molecule has 0 saturated heterocycles. The molecule has 0 bridgehead atoms. The Morgan fingerprint density at radius 2 is 1.50 bits per heavy atom. The van der Waals surface area contributed by atoms with Gasteiger partial charge in [-0.1, -0.05) is 72.8 Å². The molecular formula is C22H17NO. The molecule has 3 aromatic carbocycles. The molecule has 0 amide bonds. The minimum absolute atomic E-state index is 0.544. The highest BCUT2D eigenvalue weighted by Gasteiger charge is 2.00. The van der Waals surface area contributed by atoms with Gasteiger partial charge in [0, 0.05) is 5.56 Å². The van der Waals surface area contributed by atoms with Gasteiger partial charge in [-0.25, -0.2) is 0 Å². The molecule has 3 aromatic rings. The molecule has 116 valence electrons. The summed E-state index contributed by atoms with van der Waals surface area (Å²) in [6.07, 6.45) is 4.05. The Bertz CT molecular complexity index is 858. The van der Waals surface area contributed by atoms with Crippen LogP contribution in [-0.4, -0.2) is 0 Å². The minimum atomic E-state index is 0.544. The molecule has 0 spiro atoms. The van der Waals surface area contributed by atoms with E-state index in [9.17, 15) is 0 Å². The van der Waals surface area contributed by atoms with Crippen molar-refractivity contribution >= 4 is 12.2 Å². The van der Waals surface area contributed by atoms with E-state index in [1.165, 1.54) is 0 Å². The van der Waals surface area contributed by atoms with Crippen molar-refractivity contribution in [2.24, 2.45) is 0 Å². The number of rotatable bonds is 5. The van der Waals surface area contributed by atoms with Gasteiger partial charge >= 0.3 is 0 Å². The fraction of sp³-hybridized carbons (Fsp3) is 0.0455. The van der Waals surface area contributed by atoms with Gasteiger partial charge in [0.25, 0.3) is 0 Å². The highest BCUT2D eigenvalue weighted by molar-refractivity contribution is 5.72. The number of nitrogens with zero attached hydrogens (tertiary/aromatic N) is 1. The van der Waals surface area contributed by atoms with Crippen LogP contribution in [-0.2, 0) is 6.61 Å². The Balaban J connectivity index is 1.73. The lowest BCUT2D eigenvalue weighted by Crippen LogP contribution is -1.96. The Morgan fingerprint density at radius 3 is 2.25 bits per heavy atom. The van der Waals surface area contributed by atoms with Crippen molar-refractivity contribution in [2.75, 3.05) is 0 Å². The van der Waals surface area contributed by atoms with E-state index >= 15 is 0 Å². The Hall–Kier alpha value is -3.31. The monoisotopic (exact) mass is 311 g/mol. The second kappa shape index (κ2) is 7.80. The fourth-order valence-corrected chi connectivity index (χ4v) is 2.34. The third-order valence-corrected chi connectivity index (χ3v) is 3.65. The molecule has 0 unspecified atom stereocenters. The first kappa shape index (κ1) is 15.6. The van der Waals surface area contributed by atoms with Gasteiger partial charge < -0.3 is 4.74 Å². The maximum Gasteiger partial charge on any atom is 0.127 e. The molecule has 2 heteroatoms. The number of hydrogen-bond donors (Lipinski definition) is 0. The van der Waals surface area contributed by atoms with Crippen molar-refractivity contribution in [3.8, 4) is 11.8 Å². The van der Waals surface area contributed by atoms with Crippen molar-refractivity contribution in [3.63, 3.8) is 0 Å². The average Bonchev–Trinajstić information content (AvgIpc) is 2.66. The standard InChI is InChI=1S/C22H17NO/c23-16-19-12-10-18(11-13-19)14-15-21-8-4-5-9-22(21)24-17-20-6-2-1-3-7-20/h1-15H,17H2/b15-14+. The summed E-state index contributed by atoms with van der Waals surface area (Å²) in [4.78, 5) is 0. The molecule has 0 aliphatic rings. The normalized spacial score (nSPS) is 10.5. The molecule has 0 N–H and O–H groups in total. The molecule has 2 nitrogen and oxygen atoms in total. The Kier molecular flexibility index (Phi) is 5.07. The number of para-hydroxylation sites is 1. The maximum absolute atomic E-state index is 8.84. The first-order valence-corrected chi connectivity index (χ1v) is 7.79. The molecule has 0 saturated carbocycles. The summed E-state index contributed by atoms with van der Waals surface area (Å²) in [5, 5.41) is 8.84. The van der Waals surface area contributed by atoms with Crippen LogP contribution < -0.4 is 4.74 Å². The third-order valence-electron chi connectivity index (χ3n) is 3.65. The van der Waals surface area contributed by atoms with Crippen LogP contribution in [0.1, 0.15) is 22.3 Å². The largest absolute Gasteiger partial charge is 0.488 e. The number of hydrogen-bond acceptors (Lipinski definition) is 2. The van der Waals surface area contributed by atoms with E-state index in [2.05, 4.69) is 18.2 Å². The molecular weight excluding hydrogens is 294 g/mol. The van der Waals surface area contributed by atoms with Gasteiger partial charge in [-0.15, -0.1) is 0 Å². The molecule has 0 fully saturated rings. The fourth-order valence-electron chi connectivity index (χ4n) is 2.34. The van der Waals surface area contributed by atoms with E-state index in [0.717, 1.165) is 22.4 Å². The van der Waals surface area contributed by atoms with Crippen molar-refractivity contribution in [1.82, 2.24) is 0 Å². The van der Waals surface area contributed by atoms with Crippen LogP contribution >= 0.6 is 0 Å². The van der Waals surface area contributed by atoms with Gasteiger partial charge in [-0.2, -0.15) is 5.26 Å². The molecule has 0 aliphatic carbocycles. The first-order chi connectivity index (χ1) is 11.8. The topological polar surface area (TPSA) is 33.0 Å². The highest BCUT2D eigenvalue weighted by atomic mass is 16.5. The van der Waals surface area contributed by atoms with E-state index in [1.807, 2.05) is 78.9 Å². The van der Waals surface area contributed by atoms with Gasteiger partial charge in [0.15, 0.2) is 0 Å². The molecule has 0 aromatic heterocycles. The van der Waals surface area contributed by atoms with E-state index in [-0.39, 0.29) is 0 Å². The quantitative estimate of drug-likeness (QED) is 0.598. The van der Waals surface area contributed by atoms with Crippen LogP contribution in [0.2, 0.25) is 0 Å². The Labute approximate surface area is 142 Å². The summed E-state index contributed by atoms with van der Waals surface area (Å²) in [6, 6.07) is 27.7. The lowest BCUT2D eigenvalue weighted by atomic mass is 10.1. The van der Waals surface area contributed by atoms with E-state index in [1.54, 1.807) is 0 Å². The van der Waals surface area contributed by atoms with Gasteiger partial charge in [-0.3, -0.25) is 0 Å². The van der Waals surface area contributed by atoms with Crippen molar-refractivity contribution in [2.45, 2.75) is 6.61 Å². The predicted octanol–water partition coefficient (Wildman–Crippen LogP) is 5.31. The summed E-state index contributed by atoms with van der Waals surface area (Å²) >= 11 is 0. The van der Waals surface area contributed by atoms with Gasteiger partial charge in [0.05, 0.1) is 11.6 Å². The molecule has 3 rings (SSSR count). The summed E-state index contributed by atoms with van der Waals surface area (Å²) < 4.78 is 5.95. The van der Waals surface area contributed by atoms with Gasteiger partial charge in [0.1, 0.15) is 12.4 Å². The van der Waals surface area contributed by atoms with E-state index in [0.29, 0.717) is 12.2 Å². The van der Waals surface area contributed by atoms with Crippen LogP contribution in [0.15, 0.2) is 78.9 Å². The van der Waals surface area contributed by atoms with Crippen LogP contribution in [0, 0.1) is 11.3 Å². The van der Waals surface area contributed by atoms with E-state index < -0.39 is 0 Å². The molecule has 0 heterocycles. The summed E-state index contributed by atoms with van der Waals surface area (Å²) in [6.45, 7) is 0.544. The molecule has 24 heavy (non-hydrogen) atoms. The number of nitriles is 1. The predicted molar refractivity (Wildman–Crippen MR) is 97.3 cm³/mol. The summed E-state index contributed by atoms with van der Waals surface area (Å²) in [5.41, 5.74) is 3.88. The average molecular weight is 311 g/mol. The zero-order valence-corrected chi connectivity index (χ0v) is 13.2. The van der Waals surface area contributed by atoms with Gasteiger partial charge in [0.2, 0.25) is 0 Å². The second-order valence-electron chi connectivity index (χ2n) is 5.38. The smallest absolute Gasteiger partial charge is 0.127 e. The van der Waals surface area contributed by atoms with Crippen LogP contribution in [0.25, 0.3) is 12.2 Å². The zero-order valence-electron chi connectivity index (χ0n) is 13.2. The lowest BCUT2D eigenvalue weighted by Gasteiger charge is -2.09. The van der Waals surface area contributed by atoms with Gasteiger partial charge in [-0.05, 0) is 29.3 Å². The molecule has 0 aliphatic heterocycles. The van der Waals surface area contributed by atoms with Crippen LogP contribution in [0.5, 0.6) is 5.75 Å². The zero-order chi connectivity index (χ0) is 16.6. The number of ether oxygens (including phenoxy) is 1. The van der Waals surface area contributed by atoms with Crippen LogP contribution in [0.3, 0.4) is 0 Å². The third kappa shape index (κ3) is 4.12. The Morgan fingerprint density at radius 1 is 0.792 bits per heavy atom. The maximum atomic E-state index is 8.84. The number of benzene rings is 3. The second-order valence-corrected chi connectivity index (χ2v) is 5.38. The first-order valence-electron chi connectivity index (χ1n) is 7.79. The minimum Gasteiger partial charge on any atom is -0.488 e. The molecule has 0 radical (unpaired) electrons. The van der Waals surface area contributed by atoms with Crippen molar-refractivity contribution in [3.05, 3.63) is 101 Å². The van der Waals surface area contributed by atoms with Crippen molar-refractivity contribution < 1.29 is 4.74 Å². The van der Waals surface area contributed by atoms with Crippen molar-refractivity contribution in [1.29, 1.82) is 5.26 Å². The SMILES string of the molecule is N#Cc1ccc(/C=C/c2ccccc2OCc2ccccc2)cc1.